The molecule has 2 aromatic carbocycles. The zero-order chi connectivity index (χ0) is 37.2. The van der Waals surface area contributed by atoms with Crippen molar-refractivity contribution in [3.05, 3.63) is 58.5 Å². The van der Waals surface area contributed by atoms with E-state index in [0.29, 0.717) is 63.5 Å². The molecule has 0 radical (unpaired) electrons. The highest BCUT2D eigenvalue weighted by Crippen LogP contribution is 2.36. The van der Waals surface area contributed by atoms with E-state index < -0.39 is 23.1 Å². The molecule has 0 saturated carbocycles. The number of carboxylic acids is 2. The van der Waals surface area contributed by atoms with Crippen LogP contribution in [0.15, 0.2) is 55.8 Å². The summed E-state index contributed by atoms with van der Waals surface area (Å²) >= 11 is 3.56. The molecule has 0 unspecified atom stereocenters. The second-order valence-electron chi connectivity index (χ2n) is 14.3. The predicted octanol–water partition coefficient (Wildman–Crippen LogP) is 7.14. The van der Waals surface area contributed by atoms with Crippen LogP contribution >= 0.6 is 15.9 Å². The van der Waals surface area contributed by atoms with Crippen LogP contribution in [0.2, 0.25) is 0 Å². The molecule has 51 heavy (non-hydrogen) atoms. The summed E-state index contributed by atoms with van der Waals surface area (Å²) in [6, 6.07) is 12.3. The van der Waals surface area contributed by atoms with Gasteiger partial charge in [0.25, 0.3) is 0 Å². The van der Waals surface area contributed by atoms with Crippen LogP contribution in [0, 0.1) is 0 Å². The van der Waals surface area contributed by atoms with Crippen molar-refractivity contribution >= 4 is 73.4 Å². The van der Waals surface area contributed by atoms with Crippen molar-refractivity contribution < 1.29 is 47.7 Å². The largest absolute Gasteiger partial charge is 0.475 e. The molecular weight excluding hydrogens is 728 g/mol. The van der Waals surface area contributed by atoms with Gasteiger partial charge in [-0.2, -0.15) is 0 Å². The summed E-state index contributed by atoms with van der Waals surface area (Å²) in [6.07, 6.45) is -0.587. The maximum absolute atomic E-state index is 12.2. The molecule has 2 aliphatic rings. The van der Waals surface area contributed by atoms with Gasteiger partial charge in [-0.1, -0.05) is 0 Å². The monoisotopic (exact) mass is 770 g/mol. The number of furan rings is 2. The van der Waals surface area contributed by atoms with Crippen molar-refractivity contribution in [2.24, 2.45) is 0 Å². The van der Waals surface area contributed by atoms with Crippen molar-refractivity contribution in [3.8, 4) is 0 Å². The van der Waals surface area contributed by atoms with Crippen molar-refractivity contribution in [2.75, 3.05) is 62.2 Å². The fraction of sp³-hybridized carbons (Fsp3) is 0.444. The molecule has 2 amide bonds. The summed E-state index contributed by atoms with van der Waals surface area (Å²) in [6.45, 7) is 16.1. The first-order valence-electron chi connectivity index (χ1n) is 16.6. The van der Waals surface area contributed by atoms with Gasteiger partial charge >= 0.3 is 24.1 Å². The van der Waals surface area contributed by atoms with E-state index in [4.69, 9.17) is 28.5 Å². The Labute approximate surface area is 303 Å². The fourth-order valence-corrected chi connectivity index (χ4v) is 6.37. The number of rotatable bonds is 4. The zero-order valence-corrected chi connectivity index (χ0v) is 31.1. The van der Waals surface area contributed by atoms with Crippen LogP contribution in [0.1, 0.15) is 62.7 Å². The number of fused-ring (bicyclic) bond motifs is 2. The summed E-state index contributed by atoms with van der Waals surface area (Å²) < 4.78 is 22.2. The Kier molecular flexibility index (Phi) is 10.8. The molecule has 6 rings (SSSR count). The maximum atomic E-state index is 12.2. The lowest BCUT2D eigenvalue weighted by atomic mass is 10.2. The Morgan fingerprint density at radius 3 is 1.63 bits per heavy atom. The fourth-order valence-electron chi connectivity index (χ4n) is 5.68. The van der Waals surface area contributed by atoms with Crippen molar-refractivity contribution in [3.63, 3.8) is 0 Å². The summed E-state index contributed by atoms with van der Waals surface area (Å²) in [5.74, 6) is -2.33. The SMILES string of the molecule is CC(C)(C)OC(=O)N1CCN(c2ccc3oc(C(=O)O)cc3c2)CC1.CC(C)(C)OC(=O)N1CCN(c2ccc3oc(C(=O)O)cc3c2Br)CC1. The molecule has 274 valence electrons. The van der Waals surface area contributed by atoms with Gasteiger partial charge in [-0.25, -0.2) is 19.2 Å². The zero-order valence-electron chi connectivity index (χ0n) is 29.5. The first kappa shape index (κ1) is 37.3. The first-order valence-corrected chi connectivity index (χ1v) is 17.4. The molecule has 2 aromatic heterocycles. The third-order valence-corrected chi connectivity index (χ3v) is 8.94. The van der Waals surface area contributed by atoms with Gasteiger partial charge in [0.05, 0.1) is 10.2 Å². The number of carbonyl (C=O) groups excluding carboxylic acids is 2. The van der Waals surface area contributed by atoms with Gasteiger partial charge in [0.15, 0.2) is 0 Å². The Balaban J connectivity index is 0.000000198. The minimum absolute atomic E-state index is 0.0677. The molecule has 14 nitrogen and oxygen atoms in total. The average molecular weight is 772 g/mol. The molecule has 2 fully saturated rings. The van der Waals surface area contributed by atoms with Gasteiger partial charge in [0.1, 0.15) is 22.4 Å². The van der Waals surface area contributed by atoms with Crippen molar-refractivity contribution in [1.82, 2.24) is 9.80 Å². The number of carboxylic acid groups (broad SMARTS) is 2. The number of aromatic carboxylic acids is 2. The molecule has 15 heteroatoms. The lowest BCUT2D eigenvalue weighted by Gasteiger charge is -2.37. The number of hydrogen-bond donors (Lipinski definition) is 2. The Morgan fingerprint density at radius 1 is 0.647 bits per heavy atom. The Hall–Kier alpha value is -4.92. The molecule has 2 saturated heterocycles. The van der Waals surface area contributed by atoms with Gasteiger partial charge in [-0.3, -0.25) is 0 Å². The molecule has 0 aliphatic carbocycles. The topological polar surface area (TPSA) is 166 Å². The number of carbonyl (C=O) groups is 4. The molecular formula is C36H43BrN4O10. The van der Waals surface area contributed by atoms with Gasteiger partial charge in [-0.15, -0.1) is 0 Å². The van der Waals surface area contributed by atoms with E-state index in [2.05, 4.69) is 25.7 Å². The molecule has 4 aromatic rings. The predicted molar refractivity (Wildman–Crippen MR) is 194 cm³/mol. The number of piperazine rings is 2. The van der Waals surface area contributed by atoms with Gasteiger partial charge in [0.2, 0.25) is 11.5 Å². The van der Waals surface area contributed by atoms with E-state index in [1.165, 1.54) is 12.1 Å². The van der Waals surface area contributed by atoms with Crippen molar-refractivity contribution in [2.45, 2.75) is 52.7 Å². The molecule has 0 atom stereocenters. The molecule has 4 heterocycles. The van der Waals surface area contributed by atoms with Crippen molar-refractivity contribution in [1.29, 1.82) is 0 Å². The molecule has 2 N–H and O–H groups in total. The van der Waals surface area contributed by atoms with E-state index in [1.807, 2.05) is 59.7 Å². The highest BCUT2D eigenvalue weighted by molar-refractivity contribution is 9.10. The molecule has 0 bridgehead atoms. The smallest absolute Gasteiger partial charge is 0.410 e. The standard InChI is InChI=1S/C18H21BrN2O5.C18H22N2O5/c1-18(2,3)26-17(24)21-8-6-20(7-9-21)12-4-5-13-11(15(12)19)10-14(25-13)16(22)23;1-18(2,3)25-17(23)20-8-6-19(7-9-20)13-4-5-14-12(10-13)11-15(24-14)16(21)22/h4-5,10H,6-9H2,1-3H3,(H,22,23);4-5,10-11H,6-9H2,1-3H3,(H,21,22). The molecule has 2 aliphatic heterocycles. The van der Waals surface area contributed by atoms with Crippen LogP contribution in [0.5, 0.6) is 0 Å². The lowest BCUT2D eigenvalue weighted by molar-refractivity contribution is 0.0230. The summed E-state index contributed by atoms with van der Waals surface area (Å²) in [4.78, 5) is 54.1. The third-order valence-electron chi connectivity index (χ3n) is 8.10. The number of benzene rings is 2. The minimum Gasteiger partial charge on any atom is -0.475 e. The van der Waals surface area contributed by atoms with E-state index in [1.54, 1.807) is 21.9 Å². The summed E-state index contributed by atoms with van der Waals surface area (Å²) in [5.41, 5.74) is 1.99. The average Bonchev–Trinajstić information content (AvgIpc) is 3.69. The lowest BCUT2D eigenvalue weighted by Crippen LogP contribution is -2.50. The maximum Gasteiger partial charge on any atom is 0.410 e. The van der Waals surface area contributed by atoms with Crippen LogP contribution in [-0.2, 0) is 9.47 Å². The summed E-state index contributed by atoms with van der Waals surface area (Å²) in [7, 11) is 0. The van der Waals surface area contributed by atoms with Crippen LogP contribution in [0.3, 0.4) is 0 Å². The Bertz CT molecular complexity index is 1920. The summed E-state index contributed by atoms with van der Waals surface area (Å²) in [5, 5.41) is 19.6. The van der Waals surface area contributed by atoms with E-state index in [-0.39, 0.29) is 23.7 Å². The Morgan fingerprint density at radius 2 is 1.12 bits per heavy atom. The van der Waals surface area contributed by atoms with Gasteiger partial charge in [0, 0.05) is 74.9 Å². The minimum atomic E-state index is -1.10. The van der Waals surface area contributed by atoms with E-state index >= 15 is 0 Å². The third kappa shape index (κ3) is 9.25. The highest BCUT2D eigenvalue weighted by Gasteiger charge is 2.28. The highest BCUT2D eigenvalue weighted by atomic mass is 79.9. The number of hydrogen-bond acceptors (Lipinski definition) is 10. The second kappa shape index (κ2) is 14.7. The quantitative estimate of drug-likeness (QED) is 0.216. The second-order valence-corrected chi connectivity index (χ2v) is 15.1. The van der Waals surface area contributed by atoms with E-state index in [9.17, 15) is 19.2 Å². The van der Waals surface area contributed by atoms with Crippen LogP contribution in [0.25, 0.3) is 21.9 Å². The van der Waals surface area contributed by atoms with Crippen LogP contribution < -0.4 is 9.80 Å². The van der Waals surface area contributed by atoms with Gasteiger partial charge in [-0.05, 0) is 93.9 Å². The number of nitrogens with zero attached hydrogens (tertiary/aromatic N) is 4. The number of amides is 2. The number of anilines is 2. The number of halogens is 1. The first-order chi connectivity index (χ1) is 23.9. The number of ether oxygens (including phenoxy) is 2. The van der Waals surface area contributed by atoms with Crippen LogP contribution in [0.4, 0.5) is 21.0 Å². The normalized spacial score (nSPS) is 15.4. The van der Waals surface area contributed by atoms with Gasteiger partial charge < -0.3 is 48.1 Å². The van der Waals surface area contributed by atoms with Crippen LogP contribution in [-0.4, -0.2) is 108 Å². The molecule has 0 spiro atoms. The van der Waals surface area contributed by atoms with E-state index in [0.717, 1.165) is 26.6 Å².